The quantitative estimate of drug-likeness (QED) is 0.730. The monoisotopic (exact) mass is 363 g/mol. The SMILES string of the molecule is Cc1ccc(-c2cnc(CNC(=O)Cc3cnc4n3CCCC4C)[nH]2)cc1. The lowest BCUT2D eigenvalue weighted by molar-refractivity contribution is -0.120. The minimum atomic E-state index is -0.00999. The molecule has 3 heterocycles. The van der Waals surface area contributed by atoms with Gasteiger partial charge >= 0.3 is 0 Å². The third-order valence-corrected chi connectivity index (χ3v) is 5.21. The van der Waals surface area contributed by atoms with Crippen molar-refractivity contribution in [2.45, 2.75) is 52.1 Å². The van der Waals surface area contributed by atoms with Gasteiger partial charge in [0, 0.05) is 24.4 Å². The fourth-order valence-corrected chi connectivity index (χ4v) is 3.65. The first-order chi connectivity index (χ1) is 13.1. The second-order valence-electron chi connectivity index (χ2n) is 7.37. The number of fused-ring (bicyclic) bond motifs is 1. The van der Waals surface area contributed by atoms with Crippen LogP contribution in [-0.4, -0.2) is 25.4 Å². The molecule has 0 radical (unpaired) electrons. The molecule has 6 heteroatoms. The van der Waals surface area contributed by atoms with Crippen LogP contribution in [0.2, 0.25) is 0 Å². The number of amides is 1. The molecule has 1 aliphatic rings. The van der Waals surface area contributed by atoms with E-state index in [4.69, 9.17) is 0 Å². The molecule has 0 spiro atoms. The van der Waals surface area contributed by atoms with Gasteiger partial charge in [0.2, 0.25) is 5.91 Å². The molecule has 3 aromatic rings. The Hall–Kier alpha value is -2.89. The molecule has 0 fully saturated rings. The molecular weight excluding hydrogens is 338 g/mol. The molecule has 1 amide bonds. The molecule has 1 aliphatic heterocycles. The van der Waals surface area contributed by atoms with Gasteiger partial charge in [-0.1, -0.05) is 36.8 Å². The number of nitrogens with one attached hydrogen (secondary N) is 2. The number of nitrogens with zero attached hydrogens (tertiary/aromatic N) is 3. The average Bonchev–Trinajstić information content (AvgIpc) is 3.29. The lowest BCUT2D eigenvalue weighted by Crippen LogP contribution is -2.27. The number of aromatic nitrogens is 4. The van der Waals surface area contributed by atoms with E-state index in [1.54, 1.807) is 6.20 Å². The Labute approximate surface area is 159 Å². The van der Waals surface area contributed by atoms with E-state index >= 15 is 0 Å². The molecule has 140 valence electrons. The fraction of sp³-hybridized carbons (Fsp3) is 0.381. The third-order valence-electron chi connectivity index (χ3n) is 5.21. The largest absolute Gasteiger partial charge is 0.349 e. The van der Waals surface area contributed by atoms with E-state index in [0.717, 1.165) is 41.6 Å². The molecule has 0 saturated carbocycles. The molecule has 27 heavy (non-hydrogen) atoms. The van der Waals surface area contributed by atoms with Crippen molar-refractivity contribution in [2.24, 2.45) is 0 Å². The van der Waals surface area contributed by atoms with E-state index in [9.17, 15) is 4.79 Å². The Balaban J connectivity index is 1.35. The molecule has 0 bridgehead atoms. The number of aromatic amines is 1. The highest BCUT2D eigenvalue weighted by molar-refractivity contribution is 5.78. The van der Waals surface area contributed by atoms with Crippen LogP contribution in [0.5, 0.6) is 0 Å². The number of hydrogen-bond donors (Lipinski definition) is 2. The fourth-order valence-electron chi connectivity index (χ4n) is 3.65. The van der Waals surface area contributed by atoms with Crippen molar-refractivity contribution in [1.29, 1.82) is 0 Å². The topological polar surface area (TPSA) is 75.6 Å². The number of benzene rings is 1. The first kappa shape index (κ1) is 17.5. The summed E-state index contributed by atoms with van der Waals surface area (Å²) in [5, 5.41) is 2.96. The molecule has 0 aliphatic carbocycles. The molecule has 1 unspecified atom stereocenters. The Morgan fingerprint density at radius 1 is 1.26 bits per heavy atom. The maximum atomic E-state index is 12.4. The predicted octanol–water partition coefficient (Wildman–Crippen LogP) is 3.34. The van der Waals surface area contributed by atoms with E-state index in [1.807, 2.05) is 6.20 Å². The van der Waals surface area contributed by atoms with Gasteiger partial charge in [-0.15, -0.1) is 0 Å². The van der Waals surface area contributed by atoms with Crippen LogP contribution in [0, 0.1) is 6.92 Å². The maximum Gasteiger partial charge on any atom is 0.226 e. The van der Waals surface area contributed by atoms with Gasteiger partial charge in [-0.25, -0.2) is 9.97 Å². The highest BCUT2D eigenvalue weighted by Gasteiger charge is 2.21. The van der Waals surface area contributed by atoms with Gasteiger partial charge in [0.25, 0.3) is 0 Å². The number of imidazole rings is 2. The van der Waals surface area contributed by atoms with Crippen molar-refractivity contribution in [3.8, 4) is 11.3 Å². The van der Waals surface area contributed by atoms with Gasteiger partial charge in [0.15, 0.2) is 0 Å². The summed E-state index contributed by atoms with van der Waals surface area (Å²) in [6.07, 6.45) is 6.32. The lowest BCUT2D eigenvalue weighted by Gasteiger charge is -2.21. The minimum absolute atomic E-state index is 0.00999. The number of H-pyrrole nitrogens is 1. The summed E-state index contributed by atoms with van der Waals surface area (Å²) in [4.78, 5) is 24.5. The van der Waals surface area contributed by atoms with Gasteiger partial charge in [-0.05, 0) is 25.3 Å². The maximum absolute atomic E-state index is 12.4. The van der Waals surface area contributed by atoms with E-state index < -0.39 is 0 Å². The number of carbonyl (C=O) groups excluding carboxylic acids is 1. The molecule has 2 N–H and O–H groups in total. The highest BCUT2D eigenvalue weighted by atomic mass is 16.1. The minimum Gasteiger partial charge on any atom is -0.349 e. The average molecular weight is 363 g/mol. The van der Waals surface area contributed by atoms with Crippen LogP contribution >= 0.6 is 0 Å². The normalized spacial score (nSPS) is 16.1. The van der Waals surface area contributed by atoms with Gasteiger partial charge in [0.1, 0.15) is 11.6 Å². The zero-order valence-electron chi connectivity index (χ0n) is 15.8. The van der Waals surface area contributed by atoms with Crippen molar-refractivity contribution in [3.63, 3.8) is 0 Å². The van der Waals surface area contributed by atoms with Crippen molar-refractivity contribution in [3.05, 3.63) is 59.6 Å². The molecular formula is C21H25N5O. The number of rotatable bonds is 5. The van der Waals surface area contributed by atoms with Gasteiger partial charge < -0.3 is 14.9 Å². The summed E-state index contributed by atoms with van der Waals surface area (Å²) in [5.74, 6) is 2.32. The van der Waals surface area contributed by atoms with E-state index in [-0.39, 0.29) is 5.91 Å². The molecule has 1 atom stereocenters. The Bertz CT molecular complexity index is 938. The van der Waals surface area contributed by atoms with Crippen LogP contribution in [0.4, 0.5) is 0 Å². The zero-order valence-corrected chi connectivity index (χ0v) is 15.8. The van der Waals surface area contributed by atoms with Crippen LogP contribution in [0.15, 0.2) is 36.7 Å². The highest BCUT2D eigenvalue weighted by Crippen LogP contribution is 2.26. The molecule has 0 saturated heterocycles. The summed E-state index contributed by atoms with van der Waals surface area (Å²) in [6, 6.07) is 8.28. The van der Waals surface area contributed by atoms with E-state index in [0.29, 0.717) is 18.9 Å². The van der Waals surface area contributed by atoms with Gasteiger partial charge in [-0.2, -0.15) is 0 Å². The Kier molecular flexibility index (Phi) is 4.79. The Morgan fingerprint density at radius 3 is 2.89 bits per heavy atom. The van der Waals surface area contributed by atoms with Crippen LogP contribution in [0.3, 0.4) is 0 Å². The molecule has 6 nitrogen and oxygen atoms in total. The first-order valence-electron chi connectivity index (χ1n) is 9.52. The van der Waals surface area contributed by atoms with Gasteiger partial charge in [-0.3, -0.25) is 4.79 Å². The first-order valence-corrected chi connectivity index (χ1v) is 9.52. The van der Waals surface area contributed by atoms with Crippen LogP contribution in [-0.2, 0) is 24.3 Å². The molecule has 2 aromatic heterocycles. The second-order valence-corrected chi connectivity index (χ2v) is 7.37. The zero-order chi connectivity index (χ0) is 18.8. The van der Waals surface area contributed by atoms with E-state index in [2.05, 4.69) is 62.9 Å². The van der Waals surface area contributed by atoms with Crippen molar-refractivity contribution >= 4 is 5.91 Å². The number of aryl methyl sites for hydroxylation is 1. The van der Waals surface area contributed by atoms with Crippen LogP contribution in [0.1, 0.15) is 48.6 Å². The van der Waals surface area contributed by atoms with Gasteiger partial charge in [0.05, 0.1) is 24.9 Å². The summed E-state index contributed by atoms with van der Waals surface area (Å²) < 4.78 is 2.20. The van der Waals surface area contributed by atoms with E-state index in [1.165, 1.54) is 12.0 Å². The standard InChI is InChI=1S/C21H25N5O/c1-14-5-7-16(8-6-14)18-12-22-19(25-18)13-23-20(27)10-17-11-24-21-15(2)4-3-9-26(17)21/h5-8,11-12,15H,3-4,9-10,13H2,1-2H3,(H,22,25)(H,23,27). The third kappa shape index (κ3) is 3.79. The van der Waals surface area contributed by atoms with Crippen molar-refractivity contribution in [2.75, 3.05) is 0 Å². The second kappa shape index (κ2) is 7.39. The lowest BCUT2D eigenvalue weighted by atomic mass is 10.0. The van der Waals surface area contributed by atoms with Crippen molar-refractivity contribution in [1.82, 2.24) is 24.8 Å². The summed E-state index contributed by atoms with van der Waals surface area (Å²) >= 11 is 0. The van der Waals surface area contributed by atoms with Crippen LogP contribution in [0.25, 0.3) is 11.3 Å². The smallest absolute Gasteiger partial charge is 0.226 e. The number of hydrogen-bond acceptors (Lipinski definition) is 3. The Morgan fingerprint density at radius 2 is 2.07 bits per heavy atom. The molecule has 1 aromatic carbocycles. The summed E-state index contributed by atoms with van der Waals surface area (Å²) in [5.41, 5.74) is 4.26. The number of carbonyl (C=O) groups is 1. The van der Waals surface area contributed by atoms with Crippen LogP contribution < -0.4 is 5.32 Å². The summed E-state index contributed by atoms with van der Waals surface area (Å²) in [7, 11) is 0. The summed E-state index contributed by atoms with van der Waals surface area (Å²) in [6.45, 7) is 5.61. The predicted molar refractivity (Wildman–Crippen MR) is 104 cm³/mol. The van der Waals surface area contributed by atoms with Crippen molar-refractivity contribution < 1.29 is 4.79 Å². The molecule has 4 rings (SSSR count).